The Hall–Kier alpha value is -2.79. The summed E-state index contributed by atoms with van der Waals surface area (Å²) >= 11 is 0. The zero-order valence-electron chi connectivity index (χ0n) is 19.9. The van der Waals surface area contributed by atoms with Crippen LogP contribution >= 0.6 is 0 Å². The van der Waals surface area contributed by atoms with Gasteiger partial charge in [0.05, 0.1) is 10.5 Å². The maximum Gasteiger partial charge on any atom is 0.416 e. The summed E-state index contributed by atoms with van der Waals surface area (Å²) in [4.78, 5) is 16.2. The molecule has 1 amide bonds. The first-order valence-corrected chi connectivity index (χ1v) is 12.8. The molecule has 2 aromatic carbocycles. The lowest BCUT2D eigenvalue weighted by molar-refractivity contribution is -0.137. The summed E-state index contributed by atoms with van der Waals surface area (Å²) in [6, 6.07) is 9.61. The van der Waals surface area contributed by atoms with Crippen LogP contribution in [0.15, 0.2) is 47.4 Å². The van der Waals surface area contributed by atoms with Crippen molar-refractivity contribution in [1.29, 1.82) is 0 Å². The normalized spacial score (nSPS) is 14.9. The smallest absolute Gasteiger partial charge is 0.416 e. The van der Waals surface area contributed by atoms with E-state index >= 15 is 0 Å². The lowest BCUT2D eigenvalue weighted by atomic mass is 10.1. The number of nitrogens with one attached hydrogen (secondary N) is 1. The highest BCUT2D eigenvalue weighted by atomic mass is 32.2. The summed E-state index contributed by atoms with van der Waals surface area (Å²) in [6.45, 7) is 7.16. The van der Waals surface area contributed by atoms with Crippen LogP contribution in [-0.4, -0.2) is 58.6 Å². The highest BCUT2D eigenvalue weighted by Gasteiger charge is 2.31. The molecule has 0 unspecified atom stereocenters. The number of sulfonamides is 1. The summed E-state index contributed by atoms with van der Waals surface area (Å²) in [6.07, 6.45) is -4.41. The third kappa shape index (κ3) is 7.11. The molecule has 0 atom stereocenters. The molecule has 2 aromatic rings. The number of aryl methyl sites for hydroxylation is 1. The van der Waals surface area contributed by atoms with E-state index in [0.29, 0.717) is 49.7 Å². The highest BCUT2D eigenvalue weighted by Crippen LogP contribution is 2.32. The van der Waals surface area contributed by atoms with E-state index in [0.717, 1.165) is 12.1 Å². The number of piperazine rings is 1. The number of amides is 1. The number of ether oxygens (including phenoxy) is 1. The summed E-state index contributed by atoms with van der Waals surface area (Å²) in [5.74, 6) is 0.332. The maximum absolute atomic E-state index is 13.0. The van der Waals surface area contributed by atoms with Gasteiger partial charge in [0.2, 0.25) is 10.0 Å². The van der Waals surface area contributed by atoms with Gasteiger partial charge in [0.15, 0.2) is 6.61 Å². The van der Waals surface area contributed by atoms with Crippen molar-refractivity contribution in [3.05, 3.63) is 53.6 Å². The number of anilines is 1. The van der Waals surface area contributed by atoms with Crippen LogP contribution in [-0.2, 0) is 21.0 Å². The average Bonchev–Trinajstić information content (AvgIpc) is 2.81. The van der Waals surface area contributed by atoms with Crippen LogP contribution in [0.2, 0.25) is 0 Å². The van der Waals surface area contributed by atoms with Gasteiger partial charge < -0.3 is 14.5 Å². The minimum Gasteiger partial charge on any atom is -0.483 e. The lowest BCUT2D eigenvalue weighted by Crippen LogP contribution is -2.50. The van der Waals surface area contributed by atoms with Gasteiger partial charge >= 0.3 is 6.18 Å². The second kappa shape index (κ2) is 10.9. The molecular weight excluding hydrogens is 483 g/mol. The summed E-state index contributed by atoms with van der Waals surface area (Å²) in [5.41, 5.74) is 0.350. The number of carbonyl (C=O) groups is 1. The van der Waals surface area contributed by atoms with Crippen LogP contribution in [0.5, 0.6) is 5.75 Å². The van der Waals surface area contributed by atoms with Crippen LogP contribution in [0.4, 0.5) is 18.9 Å². The SMILES string of the molecule is Cc1cc(S(=O)(=O)NCC(C)C)ccc1OCC(=O)N1CCN(c2cccc(C(F)(F)F)c2)CC1. The van der Waals surface area contributed by atoms with Crippen molar-refractivity contribution in [2.45, 2.75) is 31.8 Å². The first-order valence-electron chi connectivity index (χ1n) is 11.3. The molecule has 1 heterocycles. The van der Waals surface area contributed by atoms with Crippen molar-refractivity contribution in [2.24, 2.45) is 5.92 Å². The number of alkyl halides is 3. The molecule has 11 heteroatoms. The zero-order chi connectivity index (χ0) is 25.8. The van der Waals surface area contributed by atoms with E-state index in [1.165, 1.54) is 24.3 Å². The number of halogens is 3. The number of hydrogen-bond donors (Lipinski definition) is 1. The van der Waals surface area contributed by atoms with Crippen LogP contribution in [0.1, 0.15) is 25.0 Å². The molecule has 7 nitrogen and oxygen atoms in total. The Bertz CT molecular complexity index is 1140. The van der Waals surface area contributed by atoms with Gasteiger partial charge in [-0.05, 0) is 54.8 Å². The topological polar surface area (TPSA) is 78.9 Å². The molecule has 1 N–H and O–H groups in total. The predicted octanol–water partition coefficient (Wildman–Crippen LogP) is 3.68. The predicted molar refractivity (Wildman–Crippen MR) is 127 cm³/mol. The van der Waals surface area contributed by atoms with Crippen LogP contribution in [0.25, 0.3) is 0 Å². The van der Waals surface area contributed by atoms with Crippen molar-refractivity contribution >= 4 is 21.6 Å². The van der Waals surface area contributed by atoms with Gasteiger partial charge in [-0.2, -0.15) is 13.2 Å². The number of benzene rings is 2. The number of carbonyl (C=O) groups excluding carboxylic acids is 1. The molecule has 0 saturated carbocycles. The van der Waals surface area contributed by atoms with Gasteiger partial charge in [0.25, 0.3) is 5.91 Å². The molecule has 0 aliphatic carbocycles. The Labute approximate surface area is 203 Å². The van der Waals surface area contributed by atoms with Crippen LogP contribution in [0.3, 0.4) is 0 Å². The van der Waals surface area contributed by atoms with Crippen molar-refractivity contribution in [2.75, 3.05) is 44.2 Å². The van der Waals surface area contributed by atoms with Gasteiger partial charge in [0, 0.05) is 38.4 Å². The Balaban J connectivity index is 1.54. The molecule has 35 heavy (non-hydrogen) atoms. The fourth-order valence-corrected chi connectivity index (χ4v) is 4.93. The van der Waals surface area contributed by atoms with Crippen molar-refractivity contribution < 1.29 is 31.1 Å². The Morgan fingerprint density at radius 1 is 1.09 bits per heavy atom. The molecule has 1 aliphatic rings. The summed E-state index contributed by atoms with van der Waals surface area (Å²) < 4.78 is 71.9. The Kier molecular flexibility index (Phi) is 8.32. The van der Waals surface area contributed by atoms with Crippen molar-refractivity contribution in [3.8, 4) is 5.75 Å². The van der Waals surface area contributed by atoms with E-state index in [4.69, 9.17) is 4.74 Å². The zero-order valence-corrected chi connectivity index (χ0v) is 20.7. The molecule has 0 spiro atoms. The maximum atomic E-state index is 13.0. The van der Waals surface area contributed by atoms with Crippen molar-refractivity contribution in [1.82, 2.24) is 9.62 Å². The molecular formula is C24H30F3N3O4S. The minimum absolute atomic E-state index is 0.125. The second-order valence-corrected chi connectivity index (χ2v) is 10.6. The molecule has 1 aliphatic heterocycles. The molecule has 1 fully saturated rings. The van der Waals surface area contributed by atoms with E-state index in [9.17, 15) is 26.4 Å². The van der Waals surface area contributed by atoms with E-state index in [2.05, 4.69) is 4.72 Å². The molecule has 3 rings (SSSR count). The standard InChI is InChI=1S/C24H30F3N3O4S/c1-17(2)15-28-35(32,33)21-7-8-22(18(3)13-21)34-16-23(31)30-11-9-29(10-12-30)20-6-4-5-19(14-20)24(25,26)27/h4-8,13-14,17,28H,9-12,15-16H2,1-3H3. The fourth-order valence-electron chi connectivity index (χ4n) is 3.63. The van der Waals surface area contributed by atoms with Gasteiger partial charge in [-0.1, -0.05) is 19.9 Å². The van der Waals surface area contributed by atoms with E-state index in [-0.39, 0.29) is 23.3 Å². The lowest BCUT2D eigenvalue weighted by Gasteiger charge is -2.36. The number of hydrogen-bond acceptors (Lipinski definition) is 5. The minimum atomic E-state index is -4.41. The van der Waals surface area contributed by atoms with Gasteiger partial charge in [0.1, 0.15) is 5.75 Å². The third-order valence-corrected chi connectivity index (χ3v) is 7.08. The largest absolute Gasteiger partial charge is 0.483 e. The average molecular weight is 514 g/mol. The number of rotatable bonds is 8. The Morgan fingerprint density at radius 3 is 2.37 bits per heavy atom. The molecule has 0 bridgehead atoms. The molecule has 1 saturated heterocycles. The monoisotopic (exact) mass is 513 g/mol. The van der Waals surface area contributed by atoms with E-state index in [1.807, 2.05) is 18.7 Å². The van der Waals surface area contributed by atoms with Gasteiger partial charge in [-0.25, -0.2) is 13.1 Å². The quantitative estimate of drug-likeness (QED) is 0.583. The van der Waals surface area contributed by atoms with Gasteiger partial charge in [-0.15, -0.1) is 0 Å². The van der Waals surface area contributed by atoms with Crippen LogP contribution < -0.4 is 14.4 Å². The molecule has 0 aromatic heterocycles. The second-order valence-electron chi connectivity index (χ2n) is 8.88. The Morgan fingerprint density at radius 2 is 1.77 bits per heavy atom. The fraction of sp³-hybridized carbons (Fsp3) is 0.458. The third-order valence-electron chi connectivity index (χ3n) is 5.66. The summed E-state index contributed by atoms with van der Waals surface area (Å²) in [5, 5.41) is 0. The highest BCUT2D eigenvalue weighted by molar-refractivity contribution is 7.89. The van der Waals surface area contributed by atoms with Crippen molar-refractivity contribution in [3.63, 3.8) is 0 Å². The summed E-state index contributed by atoms with van der Waals surface area (Å²) in [7, 11) is -3.63. The molecule has 192 valence electrons. The molecule has 0 radical (unpaired) electrons. The first kappa shape index (κ1) is 26.8. The van der Waals surface area contributed by atoms with E-state index in [1.54, 1.807) is 17.9 Å². The van der Waals surface area contributed by atoms with Gasteiger partial charge in [-0.3, -0.25) is 4.79 Å². The first-order chi connectivity index (χ1) is 16.4. The van der Waals surface area contributed by atoms with E-state index < -0.39 is 21.8 Å². The number of nitrogens with zero attached hydrogens (tertiary/aromatic N) is 2. The van der Waals surface area contributed by atoms with Crippen LogP contribution in [0, 0.1) is 12.8 Å².